The Kier molecular flexibility index (Phi) is 8.49. The summed E-state index contributed by atoms with van der Waals surface area (Å²) >= 11 is 6.41. The molecular weight excluding hydrogens is 486 g/mol. The van der Waals surface area contributed by atoms with Gasteiger partial charge in [-0.3, -0.25) is 14.4 Å². The zero-order valence-electron chi connectivity index (χ0n) is 21.7. The van der Waals surface area contributed by atoms with Crippen LogP contribution in [0.2, 0.25) is 5.02 Å². The zero-order valence-corrected chi connectivity index (χ0v) is 22.4. The maximum absolute atomic E-state index is 13.6. The van der Waals surface area contributed by atoms with Gasteiger partial charge in [-0.05, 0) is 55.3 Å². The van der Waals surface area contributed by atoms with Crippen molar-refractivity contribution in [2.75, 3.05) is 11.4 Å². The van der Waals surface area contributed by atoms with E-state index in [0.717, 1.165) is 28.4 Å². The highest BCUT2D eigenvalue weighted by Crippen LogP contribution is 2.37. The van der Waals surface area contributed by atoms with E-state index in [9.17, 15) is 14.4 Å². The molecule has 1 aliphatic rings. The highest BCUT2D eigenvalue weighted by atomic mass is 35.5. The molecular formula is C30H34ClN3O3. The molecule has 3 aromatic carbocycles. The van der Waals surface area contributed by atoms with E-state index in [4.69, 9.17) is 11.6 Å². The first-order valence-electron chi connectivity index (χ1n) is 13.0. The van der Waals surface area contributed by atoms with Crippen LogP contribution in [-0.2, 0) is 16.1 Å². The van der Waals surface area contributed by atoms with Gasteiger partial charge in [-0.2, -0.15) is 0 Å². The van der Waals surface area contributed by atoms with Crippen LogP contribution in [0.1, 0.15) is 62.4 Å². The van der Waals surface area contributed by atoms with Gasteiger partial charge >= 0.3 is 0 Å². The number of carbonyl (C=O) groups is 3. The molecule has 1 heterocycles. The monoisotopic (exact) mass is 519 g/mol. The third-order valence-electron chi connectivity index (χ3n) is 7.11. The third kappa shape index (κ3) is 5.64. The Hall–Kier alpha value is -3.38. The summed E-state index contributed by atoms with van der Waals surface area (Å²) in [5.74, 6) is -0.325. The van der Waals surface area contributed by atoms with Gasteiger partial charge in [0, 0.05) is 41.5 Å². The SMILES string of the molecule is CC[C@@H](C)NC(=O)[C@@H](CC)N(Cc1ccccc1Cl)C(=O)CCCN1C(=O)c2cccc3cccc1c23. The van der Waals surface area contributed by atoms with E-state index in [-0.39, 0.29) is 36.7 Å². The molecule has 0 aliphatic carbocycles. The standard InChI is InChI=1S/C30H34ClN3O3/c1-4-20(3)32-29(36)25(5-2)34(19-22-11-6-7-15-24(22)31)27(35)17-10-18-33-26-16-9-13-21-12-8-14-23(28(21)26)30(33)37/h6-9,11-16,20,25H,4-5,10,17-19H2,1-3H3,(H,32,36)/t20-,25-/m1/s1. The predicted molar refractivity (Wildman–Crippen MR) is 149 cm³/mol. The molecule has 3 aromatic rings. The summed E-state index contributed by atoms with van der Waals surface area (Å²) in [5.41, 5.74) is 2.38. The van der Waals surface area contributed by atoms with Crippen LogP contribution in [0, 0.1) is 0 Å². The third-order valence-corrected chi connectivity index (χ3v) is 7.48. The number of amides is 3. The molecule has 1 aliphatic heterocycles. The van der Waals surface area contributed by atoms with Crippen molar-refractivity contribution in [1.29, 1.82) is 0 Å². The van der Waals surface area contributed by atoms with E-state index in [1.165, 1.54) is 0 Å². The smallest absolute Gasteiger partial charge is 0.258 e. The van der Waals surface area contributed by atoms with Crippen molar-refractivity contribution in [3.05, 3.63) is 76.8 Å². The quantitative estimate of drug-likeness (QED) is 0.340. The molecule has 0 saturated carbocycles. The molecule has 0 bridgehead atoms. The molecule has 0 saturated heterocycles. The van der Waals surface area contributed by atoms with Crippen LogP contribution in [0.15, 0.2) is 60.7 Å². The van der Waals surface area contributed by atoms with Crippen LogP contribution in [0.4, 0.5) is 5.69 Å². The summed E-state index contributed by atoms with van der Waals surface area (Å²) in [5, 5.41) is 5.59. The summed E-state index contributed by atoms with van der Waals surface area (Å²) < 4.78 is 0. The van der Waals surface area contributed by atoms with Gasteiger partial charge in [0.1, 0.15) is 6.04 Å². The number of rotatable bonds is 11. The second kappa shape index (κ2) is 11.8. The van der Waals surface area contributed by atoms with Crippen LogP contribution in [0.5, 0.6) is 0 Å². The Morgan fingerprint density at radius 2 is 1.73 bits per heavy atom. The Morgan fingerprint density at radius 3 is 2.43 bits per heavy atom. The van der Waals surface area contributed by atoms with Crippen LogP contribution in [-0.4, -0.2) is 41.2 Å². The molecule has 0 fully saturated rings. The highest BCUT2D eigenvalue weighted by Gasteiger charge is 2.31. The van der Waals surface area contributed by atoms with E-state index in [1.54, 1.807) is 15.9 Å². The van der Waals surface area contributed by atoms with Crippen molar-refractivity contribution < 1.29 is 14.4 Å². The fourth-order valence-corrected chi connectivity index (χ4v) is 5.10. The minimum absolute atomic E-state index is 0.0179. The van der Waals surface area contributed by atoms with Crippen LogP contribution in [0.3, 0.4) is 0 Å². The minimum atomic E-state index is -0.607. The number of anilines is 1. The van der Waals surface area contributed by atoms with Crippen molar-refractivity contribution in [3.8, 4) is 0 Å². The number of nitrogens with one attached hydrogen (secondary N) is 1. The number of hydrogen-bond acceptors (Lipinski definition) is 3. The molecule has 0 spiro atoms. The largest absolute Gasteiger partial charge is 0.352 e. The predicted octanol–water partition coefficient (Wildman–Crippen LogP) is 5.96. The first kappa shape index (κ1) is 26.7. The summed E-state index contributed by atoms with van der Waals surface area (Å²) in [4.78, 5) is 43.2. The fraction of sp³-hybridized carbons (Fsp3) is 0.367. The maximum atomic E-state index is 13.6. The number of hydrogen-bond donors (Lipinski definition) is 1. The van der Waals surface area contributed by atoms with Crippen molar-refractivity contribution in [3.63, 3.8) is 0 Å². The molecule has 3 amide bonds. The Morgan fingerprint density at radius 1 is 1.00 bits per heavy atom. The van der Waals surface area contributed by atoms with E-state index in [1.807, 2.05) is 75.4 Å². The lowest BCUT2D eigenvalue weighted by Crippen LogP contribution is -2.50. The van der Waals surface area contributed by atoms with Crippen molar-refractivity contribution in [2.45, 2.75) is 65.1 Å². The summed E-state index contributed by atoms with van der Waals surface area (Å²) in [6.07, 6.45) is 1.99. The van der Waals surface area contributed by atoms with Crippen LogP contribution < -0.4 is 10.2 Å². The first-order valence-corrected chi connectivity index (χ1v) is 13.4. The summed E-state index contributed by atoms with van der Waals surface area (Å²) in [6, 6.07) is 18.5. The molecule has 4 rings (SSSR count). The number of benzene rings is 3. The van der Waals surface area contributed by atoms with Gasteiger partial charge in [-0.1, -0.05) is 67.9 Å². The Bertz CT molecular complexity index is 1300. The highest BCUT2D eigenvalue weighted by molar-refractivity contribution is 6.31. The second-order valence-corrected chi connectivity index (χ2v) is 10.0. The van der Waals surface area contributed by atoms with E-state index in [2.05, 4.69) is 5.32 Å². The van der Waals surface area contributed by atoms with Gasteiger partial charge in [0.05, 0.1) is 5.69 Å². The van der Waals surface area contributed by atoms with Crippen molar-refractivity contribution in [2.24, 2.45) is 0 Å². The van der Waals surface area contributed by atoms with Crippen LogP contribution >= 0.6 is 11.6 Å². The molecule has 0 radical (unpaired) electrons. The fourth-order valence-electron chi connectivity index (χ4n) is 4.90. The maximum Gasteiger partial charge on any atom is 0.258 e. The molecule has 0 unspecified atom stereocenters. The number of nitrogens with zero attached hydrogens (tertiary/aromatic N) is 2. The van der Waals surface area contributed by atoms with Crippen molar-refractivity contribution >= 4 is 45.8 Å². The zero-order chi connectivity index (χ0) is 26.5. The molecule has 2 atom stereocenters. The molecule has 37 heavy (non-hydrogen) atoms. The lowest BCUT2D eigenvalue weighted by molar-refractivity contribution is -0.141. The lowest BCUT2D eigenvalue weighted by atomic mass is 10.1. The number of carbonyl (C=O) groups excluding carboxylic acids is 3. The van der Waals surface area contributed by atoms with Gasteiger partial charge in [-0.25, -0.2) is 0 Å². The summed E-state index contributed by atoms with van der Waals surface area (Å²) in [6.45, 7) is 6.55. The Balaban J connectivity index is 1.50. The Labute approximate surface area is 223 Å². The molecule has 0 aromatic heterocycles. The summed E-state index contributed by atoms with van der Waals surface area (Å²) in [7, 11) is 0. The van der Waals surface area contributed by atoms with E-state index in [0.29, 0.717) is 30.0 Å². The average molecular weight is 520 g/mol. The molecule has 6 nitrogen and oxygen atoms in total. The van der Waals surface area contributed by atoms with Crippen molar-refractivity contribution in [1.82, 2.24) is 10.2 Å². The molecule has 194 valence electrons. The molecule has 7 heteroatoms. The van der Waals surface area contributed by atoms with E-state index >= 15 is 0 Å². The molecule has 1 N–H and O–H groups in total. The topological polar surface area (TPSA) is 69.7 Å². The second-order valence-electron chi connectivity index (χ2n) is 9.60. The van der Waals surface area contributed by atoms with E-state index < -0.39 is 6.04 Å². The lowest BCUT2D eigenvalue weighted by Gasteiger charge is -2.32. The average Bonchev–Trinajstić information content (AvgIpc) is 3.17. The number of halogens is 1. The van der Waals surface area contributed by atoms with Crippen LogP contribution in [0.25, 0.3) is 10.8 Å². The van der Waals surface area contributed by atoms with Gasteiger partial charge in [0.25, 0.3) is 5.91 Å². The van der Waals surface area contributed by atoms with Gasteiger partial charge in [0.15, 0.2) is 0 Å². The normalized spacial score (nSPS) is 14.1. The van der Waals surface area contributed by atoms with Gasteiger partial charge < -0.3 is 15.1 Å². The van der Waals surface area contributed by atoms with Gasteiger partial charge in [0.2, 0.25) is 11.8 Å². The van der Waals surface area contributed by atoms with Gasteiger partial charge in [-0.15, -0.1) is 0 Å². The minimum Gasteiger partial charge on any atom is -0.352 e. The first-order chi connectivity index (χ1) is 17.8.